The van der Waals surface area contributed by atoms with Gasteiger partial charge in [0.15, 0.2) is 17.4 Å². The molecule has 0 radical (unpaired) electrons. The number of likely N-dealkylation sites (N-methyl/N-ethyl adjacent to an activating group) is 1. The van der Waals surface area contributed by atoms with Gasteiger partial charge in [-0.25, -0.2) is 8.78 Å². The second kappa shape index (κ2) is 5.69. The van der Waals surface area contributed by atoms with Crippen molar-refractivity contribution in [3.8, 4) is 5.75 Å². The Morgan fingerprint density at radius 3 is 2.19 bits per heavy atom. The predicted octanol–water partition coefficient (Wildman–Crippen LogP) is 2.23. The van der Waals surface area contributed by atoms with Crippen LogP contribution < -0.4 is 10.1 Å². The first-order chi connectivity index (χ1) is 7.57. The van der Waals surface area contributed by atoms with Gasteiger partial charge in [-0.1, -0.05) is 6.92 Å². The molecular formula is C10H11F4NO. The number of halogens is 4. The molecule has 0 aliphatic carbocycles. The van der Waals surface area contributed by atoms with Gasteiger partial charge in [0.25, 0.3) is 0 Å². The van der Waals surface area contributed by atoms with Crippen molar-refractivity contribution < 1.29 is 22.3 Å². The number of hydrogen-bond donors (Lipinski definition) is 1. The third kappa shape index (κ3) is 2.85. The molecule has 6 heteroatoms. The lowest BCUT2D eigenvalue weighted by molar-refractivity contribution is 0.271. The summed E-state index contributed by atoms with van der Waals surface area (Å²) in [5.74, 6) is -7.00. The molecule has 16 heavy (non-hydrogen) atoms. The van der Waals surface area contributed by atoms with Crippen molar-refractivity contribution in [3.63, 3.8) is 0 Å². The van der Waals surface area contributed by atoms with Crippen molar-refractivity contribution in [1.29, 1.82) is 0 Å². The lowest BCUT2D eigenvalue weighted by atomic mass is 10.3. The molecule has 2 nitrogen and oxygen atoms in total. The van der Waals surface area contributed by atoms with E-state index in [-0.39, 0.29) is 12.7 Å². The second-order valence-electron chi connectivity index (χ2n) is 3.00. The molecule has 0 saturated heterocycles. The highest BCUT2D eigenvalue weighted by Crippen LogP contribution is 2.26. The molecule has 0 aliphatic heterocycles. The van der Waals surface area contributed by atoms with Crippen molar-refractivity contribution in [2.45, 2.75) is 6.92 Å². The van der Waals surface area contributed by atoms with E-state index >= 15 is 0 Å². The summed E-state index contributed by atoms with van der Waals surface area (Å²) in [4.78, 5) is 0. The van der Waals surface area contributed by atoms with Gasteiger partial charge in [-0.15, -0.1) is 0 Å². The molecule has 0 aliphatic rings. The van der Waals surface area contributed by atoms with Gasteiger partial charge >= 0.3 is 0 Å². The van der Waals surface area contributed by atoms with Crippen LogP contribution in [-0.4, -0.2) is 19.7 Å². The normalized spacial score (nSPS) is 10.6. The summed E-state index contributed by atoms with van der Waals surface area (Å²) < 4.78 is 56.1. The zero-order valence-corrected chi connectivity index (χ0v) is 8.62. The molecule has 0 fully saturated rings. The van der Waals surface area contributed by atoms with Crippen LogP contribution in [0.1, 0.15) is 6.92 Å². The molecule has 0 heterocycles. The van der Waals surface area contributed by atoms with E-state index in [0.29, 0.717) is 13.1 Å². The monoisotopic (exact) mass is 237 g/mol. The smallest absolute Gasteiger partial charge is 0.203 e. The summed E-state index contributed by atoms with van der Waals surface area (Å²) in [6.45, 7) is 2.74. The van der Waals surface area contributed by atoms with Gasteiger partial charge in [-0.3, -0.25) is 0 Å². The highest BCUT2D eigenvalue weighted by Gasteiger charge is 2.20. The molecule has 0 bridgehead atoms. The fourth-order valence-electron chi connectivity index (χ4n) is 1.08. The fourth-order valence-corrected chi connectivity index (χ4v) is 1.08. The van der Waals surface area contributed by atoms with Gasteiger partial charge in [0.05, 0.1) is 0 Å². The Morgan fingerprint density at radius 2 is 1.69 bits per heavy atom. The maximum absolute atomic E-state index is 13.0. The van der Waals surface area contributed by atoms with E-state index in [0.717, 1.165) is 0 Å². The molecule has 0 atom stereocenters. The van der Waals surface area contributed by atoms with E-state index in [1.165, 1.54) is 0 Å². The van der Waals surface area contributed by atoms with E-state index in [9.17, 15) is 17.6 Å². The Morgan fingerprint density at radius 1 is 1.12 bits per heavy atom. The lowest BCUT2D eigenvalue weighted by Crippen LogP contribution is -2.21. The van der Waals surface area contributed by atoms with Crippen LogP contribution >= 0.6 is 0 Å². The quantitative estimate of drug-likeness (QED) is 0.481. The molecule has 1 rings (SSSR count). The molecule has 0 aromatic heterocycles. The molecule has 0 spiro atoms. The Bertz CT molecular complexity index is 344. The average Bonchev–Trinajstić information content (AvgIpc) is 2.25. The number of benzene rings is 1. The average molecular weight is 237 g/mol. The Hall–Kier alpha value is -1.30. The molecule has 0 saturated carbocycles. The third-order valence-electron chi connectivity index (χ3n) is 1.85. The third-order valence-corrected chi connectivity index (χ3v) is 1.85. The summed E-state index contributed by atoms with van der Waals surface area (Å²) in [5, 5.41) is 2.83. The first-order valence-electron chi connectivity index (χ1n) is 4.74. The van der Waals surface area contributed by atoms with Crippen molar-refractivity contribution >= 4 is 0 Å². The van der Waals surface area contributed by atoms with Crippen LogP contribution in [0.3, 0.4) is 0 Å². The molecule has 0 unspecified atom stereocenters. The van der Waals surface area contributed by atoms with Gasteiger partial charge in [0, 0.05) is 12.6 Å². The highest BCUT2D eigenvalue weighted by atomic mass is 19.2. The largest absolute Gasteiger partial charge is 0.486 e. The van der Waals surface area contributed by atoms with Crippen molar-refractivity contribution in [2.24, 2.45) is 0 Å². The minimum Gasteiger partial charge on any atom is -0.486 e. The minimum absolute atomic E-state index is 0.0788. The van der Waals surface area contributed by atoms with Gasteiger partial charge in [-0.05, 0) is 6.54 Å². The second-order valence-corrected chi connectivity index (χ2v) is 3.00. The van der Waals surface area contributed by atoms with E-state index < -0.39 is 29.0 Å². The first kappa shape index (κ1) is 12.8. The zero-order chi connectivity index (χ0) is 12.1. The van der Waals surface area contributed by atoms with Crippen LogP contribution in [-0.2, 0) is 0 Å². The molecule has 90 valence electrons. The summed E-state index contributed by atoms with van der Waals surface area (Å²) >= 11 is 0. The first-order valence-corrected chi connectivity index (χ1v) is 4.74. The van der Waals surface area contributed by atoms with E-state index in [4.69, 9.17) is 0 Å². The van der Waals surface area contributed by atoms with Crippen molar-refractivity contribution in [1.82, 2.24) is 5.32 Å². The summed E-state index contributed by atoms with van der Waals surface area (Å²) in [5.41, 5.74) is 0. The number of rotatable bonds is 5. The predicted molar refractivity (Wildman–Crippen MR) is 50.3 cm³/mol. The Kier molecular flexibility index (Phi) is 4.54. The molecule has 1 N–H and O–H groups in total. The molecule has 1 aromatic carbocycles. The number of nitrogens with one attached hydrogen (secondary N) is 1. The van der Waals surface area contributed by atoms with E-state index in [1.54, 1.807) is 0 Å². The van der Waals surface area contributed by atoms with Crippen LogP contribution in [0.4, 0.5) is 17.6 Å². The van der Waals surface area contributed by atoms with Crippen LogP contribution in [0.5, 0.6) is 5.75 Å². The van der Waals surface area contributed by atoms with Gasteiger partial charge in [-0.2, -0.15) is 8.78 Å². The zero-order valence-electron chi connectivity index (χ0n) is 8.62. The maximum Gasteiger partial charge on any atom is 0.203 e. The van der Waals surface area contributed by atoms with E-state index in [2.05, 4.69) is 10.1 Å². The highest BCUT2D eigenvalue weighted by molar-refractivity contribution is 5.28. The number of ether oxygens (including phenoxy) is 1. The van der Waals surface area contributed by atoms with E-state index in [1.807, 2.05) is 6.92 Å². The van der Waals surface area contributed by atoms with Crippen LogP contribution in [0.25, 0.3) is 0 Å². The maximum atomic E-state index is 13.0. The Labute approximate surface area is 90.2 Å². The van der Waals surface area contributed by atoms with Crippen LogP contribution in [0.2, 0.25) is 0 Å². The minimum atomic E-state index is -1.52. The lowest BCUT2D eigenvalue weighted by Gasteiger charge is -2.09. The van der Waals surface area contributed by atoms with Crippen molar-refractivity contribution in [3.05, 3.63) is 29.3 Å². The SMILES string of the molecule is CCNCCOc1c(F)c(F)cc(F)c1F. The van der Waals surface area contributed by atoms with Crippen molar-refractivity contribution in [2.75, 3.05) is 19.7 Å². The van der Waals surface area contributed by atoms with Gasteiger partial charge in [0.1, 0.15) is 6.61 Å². The Balaban J connectivity index is 2.78. The summed E-state index contributed by atoms with van der Waals surface area (Å²) in [6, 6.07) is 0.141. The molecular weight excluding hydrogens is 226 g/mol. The molecule has 0 amide bonds. The van der Waals surface area contributed by atoms with Crippen LogP contribution in [0, 0.1) is 23.3 Å². The fraction of sp³-hybridized carbons (Fsp3) is 0.400. The number of hydrogen-bond acceptors (Lipinski definition) is 2. The standard InChI is InChI=1S/C10H11F4NO/c1-2-15-3-4-16-10-8(13)6(11)5-7(12)9(10)14/h5,15H,2-4H2,1H3. The van der Waals surface area contributed by atoms with Gasteiger partial charge < -0.3 is 10.1 Å². The topological polar surface area (TPSA) is 21.3 Å². The molecule has 1 aromatic rings. The summed E-state index contributed by atoms with van der Waals surface area (Å²) in [7, 11) is 0. The van der Waals surface area contributed by atoms with Gasteiger partial charge in [0.2, 0.25) is 11.6 Å². The van der Waals surface area contributed by atoms with Crippen LogP contribution in [0.15, 0.2) is 6.07 Å². The summed E-state index contributed by atoms with van der Waals surface area (Å²) in [6.07, 6.45) is 0.